The number of nitrogens with zero attached hydrogens (tertiary/aromatic N) is 2. The quantitative estimate of drug-likeness (QED) is 0.498. The second kappa shape index (κ2) is 8.13. The summed E-state index contributed by atoms with van der Waals surface area (Å²) < 4.78 is 6.91. The van der Waals surface area contributed by atoms with Crippen molar-refractivity contribution in [1.29, 1.82) is 5.26 Å². The van der Waals surface area contributed by atoms with Crippen LogP contribution in [-0.4, -0.2) is 17.0 Å². The fourth-order valence-corrected chi connectivity index (χ4v) is 3.81. The first-order valence-corrected chi connectivity index (χ1v) is 9.88. The third kappa shape index (κ3) is 4.26. The highest BCUT2D eigenvalue weighted by molar-refractivity contribution is 7.21. The monoisotopic (exact) mass is 399 g/mol. The number of hydrogen-bond donors (Lipinski definition) is 1. The molecule has 1 heterocycles. The summed E-state index contributed by atoms with van der Waals surface area (Å²) in [5.74, 6) is 0.318. The highest BCUT2D eigenvalue weighted by Gasteiger charge is 2.15. The van der Waals surface area contributed by atoms with E-state index in [0.29, 0.717) is 17.0 Å². The predicted octanol–water partition coefficient (Wildman–Crippen LogP) is 5.24. The van der Waals surface area contributed by atoms with Crippen molar-refractivity contribution < 1.29 is 9.53 Å². The number of amides is 1. The zero-order chi connectivity index (χ0) is 20.2. The van der Waals surface area contributed by atoms with Crippen molar-refractivity contribution in [3.05, 3.63) is 78.4 Å². The van der Waals surface area contributed by atoms with E-state index in [1.807, 2.05) is 48.5 Å². The summed E-state index contributed by atoms with van der Waals surface area (Å²) in [6.45, 7) is 1.69. The first-order valence-electron chi connectivity index (χ1n) is 9.06. The number of fused-ring (bicyclic) bond motifs is 1. The van der Waals surface area contributed by atoms with Crippen molar-refractivity contribution in [3.63, 3.8) is 0 Å². The third-order valence-electron chi connectivity index (χ3n) is 4.34. The van der Waals surface area contributed by atoms with Gasteiger partial charge in [0.25, 0.3) is 5.91 Å². The molecule has 1 atom stereocenters. The lowest BCUT2D eigenvalue weighted by Crippen LogP contribution is -2.30. The van der Waals surface area contributed by atoms with Crippen molar-refractivity contribution in [3.8, 4) is 22.4 Å². The molecular weight excluding hydrogens is 382 g/mol. The van der Waals surface area contributed by atoms with Crippen LogP contribution in [0.5, 0.6) is 5.75 Å². The van der Waals surface area contributed by atoms with E-state index >= 15 is 0 Å². The van der Waals surface area contributed by atoms with Crippen LogP contribution in [-0.2, 0) is 4.79 Å². The minimum Gasteiger partial charge on any atom is -0.481 e. The third-order valence-corrected chi connectivity index (χ3v) is 5.42. The molecule has 5 nitrogen and oxygen atoms in total. The first kappa shape index (κ1) is 18.7. The number of benzene rings is 3. The molecule has 142 valence electrons. The SMILES string of the molecule is C[C@@H](Oc1ccc(-c2nc3ccccc3s2)cc1)C(=O)Nc1cccc(C#N)c1. The molecule has 1 aromatic heterocycles. The predicted molar refractivity (Wildman–Crippen MR) is 115 cm³/mol. The van der Waals surface area contributed by atoms with E-state index in [9.17, 15) is 4.79 Å². The van der Waals surface area contributed by atoms with Crippen LogP contribution in [0.1, 0.15) is 12.5 Å². The molecule has 29 heavy (non-hydrogen) atoms. The van der Waals surface area contributed by atoms with E-state index in [-0.39, 0.29) is 5.91 Å². The molecule has 1 amide bonds. The Labute approximate surface area is 172 Å². The maximum absolute atomic E-state index is 12.4. The Morgan fingerprint density at radius 3 is 2.66 bits per heavy atom. The summed E-state index contributed by atoms with van der Waals surface area (Å²) in [5.41, 5.74) is 3.04. The Hall–Kier alpha value is -3.69. The number of nitriles is 1. The van der Waals surface area contributed by atoms with Crippen LogP contribution in [0.3, 0.4) is 0 Å². The Kier molecular flexibility index (Phi) is 5.23. The summed E-state index contributed by atoms with van der Waals surface area (Å²) in [7, 11) is 0. The van der Waals surface area contributed by atoms with Gasteiger partial charge in [0.2, 0.25) is 0 Å². The topological polar surface area (TPSA) is 75.0 Å². The van der Waals surface area contributed by atoms with Crippen LogP contribution >= 0.6 is 11.3 Å². The van der Waals surface area contributed by atoms with E-state index < -0.39 is 6.10 Å². The van der Waals surface area contributed by atoms with E-state index in [1.165, 1.54) is 0 Å². The van der Waals surface area contributed by atoms with Gasteiger partial charge in [-0.3, -0.25) is 4.79 Å². The second-order valence-corrected chi connectivity index (χ2v) is 7.48. The fourth-order valence-electron chi connectivity index (χ4n) is 2.84. The molecule has 0 bridgehead atoms. The molecule has 0 aliphatic rings. The molecule has 0 spiro atoms. The van der Waals surface area contributed by atoms with Crippen LogP contribution in [0, 0.1) is 11.3 Å². The summed E-state index contributed by atoms with van der Waals surface area (Å²) in [6.07, 6.45) is -0.686. The van der Waals surface area contributed by atoms with Crippen molar-refractivity contribution in [2.45, 2.75) is 13.0 Å². The zero-order valence-electron chi connectivity index (χ0n) is 15.6. The molecule has 4 aromatic rings. The largest absolute Gasteiger partial charge is 0.481 e. The zero-order valence-corrected chi connectivity index (χ0v) is 16.4. The van der Waals surface area contributed by atoms with Crippen LogP contribution in [0.15, 0.2) is 72.8 Å². The highest BCUT2D eigenvalue weighted by atomic mass is 32.1. The number of carbonyl (C=O) groups excluding carboxylic acids is 1. The van der Waals surface area contributed by atoms with Crippen molar-refractivity contribution in [1.82, 2.24) is 4.98 Å². The molecule has 0 aliphatic carbocycles. The van der Waals surface area contributed by atoms with Gasteiger partial charge >= 0.3 is 0 Å². The van der Waals surface area contributed by atoms with Crippen LogP contribution in [0.25, 0.3) is 20.8 Å². The van der Waals surface area contributed by atoms with Crippen LogP contribution < -0.4 is 10.1 Å². The second-order valence-electron chi connectivity index (χ2n) is 6.45. The Morgan fingerprint density at radius 2 is 1.90 bits per heavy atom. The number of hydrogen-bond acceptors (Lipinski definition) is 5. The van der Waals surface area contributed by atoms with Gasteiger partial charge in [-0.1, -0.05) is 18.2 Å². The number of para-hydroxylation sites is 1. The van der Waals surface area contributed by atoms with Crippen molar-refractivity contribution in [2.75, 3.05) is 5.32 Å². The molecular formula is C23H17N3O2S. The molecule has 0 saturated heterocycles. The lowest BCUT2D eigenvalue weighted by atomic mass is 10.2. The van der Waals surface area contributed by atoms with E-state index in [1.54, 1.807) is 42.5 Å². The van der Waals surface area contributed by atoms with Crippen molar-refractivity contribution in [2.24, 2.45) is 0 Å². The normalized spacial score (nSPS) is 11.6. The van der Waals surface area contributed by atoms with Gasteiger partial charge in [-0.2, -0.15) is 5.26 Å². The average molecular weight is 399 g/mol. The molecule has 0 fully saturated rings. The van der Waals surface area contributed by atoms with Crippen LogP contribution in [0.2, 0.25) is 0 Å². The molecule has 0 saturated carbocycles. The molecule has 0 unspecified atom stereocenters. The molecule has 0 aliphatic heterocycles. The molecule has 1 N–H and O–H groups in total. The van der Waals surface area contributed by atoms with Gasteiger partial charge in [0.15, 0.2) is 6.10 Å². The van der Waals surface area contributed by atoms with Gasteiger partial charge < -0.3 is 10.1 Å². The maximum Gasteiger partial charge on any atom is 0.265 e. The van der Waals surface area contributed by atoms with Crippen LogP contribution in [0.4, 0.5) is 5.69 Å². The maximum atomic E-state index is 12.4. The lowest BCUT2D eigenvalue weighted by Gasteiger charge is -2.15. The smallest absolute Gasteiger partial charge is 0.265 e. The fraction of sp³-hybridized carbons (Fsp3) is 0.0870. The number of aromatic nitrogens is 1. The minimum atomic E-state index is -0.686. The van der Waals surface area contributed by atoms with E-state index in [2.05, 4.69) is 16.4 Å². The number of anilines is 1. The Balaban J connectivity index is 1.42. The standard InChI is InChI=1S/C23H17N3O2S/c1-15(22(27)25-18-6-4-5-16(13-18)14-24)28-19-11-9-17(10-12-19)23-26-20-7-2-3-8-21(20)29-23/h2-13,15H,1H3,(H,25,27)/t15-/m1/s1. The molecule has 0 radical (unpaired) electrons. The number of ether oxygens (including phenoxy) is 1. The van der Waals surface area contributed by atoms with Gasteiger partial charge in [-0.25, -0.2) is 4.98 Å². The minimum absolute atomic E-state index is 0.282. The van der Waals surface area contributed by atoms with Gasteiger partial charge in [0.1, 0.15) is 10.8 Å². The summed E-state index contributed by atoms with van der Waals surface area (Å²) >= 11 is 1.64. The van der Waals surface area contributed by atoms with Gasteiger partial charge in [0.05, 0.1) is 21.8 Å². The van der Waals surface area contributed by atoms with E-state index in [4.69, 9.17) is 10.00 Å². The number of rotatable bonds is 5. The number of thiazole rings is 1. The van der Waals surface area contributed by atoms with Gasteiger partial charge in [-0.05, 0) is 61.5 Å². The Bertz CT molecular complexity index is 1180. The molecule has 4 rings (SSSR count). The number of carbonyl (C=O) groups is 1. The summed E-state index contributed by atoms with van der Waals surface area (Å²) in [5, 5.41) is 12.7. The van der Waals surface area contributed by atoms with Gasteiger partial charge in [-0.15, -0.1) is 11.3 Å². The summed E-state index contributed by atoms with van der Waals surface area (Å²) in [6, 6.07) is 24.4. The van der Waals surface area contributed by atoms with Gasteiger partial charge in [0, 0.05) is 11.3 Å². The first-order chi connectivity index (χ1) is 14.1. The molecule has 3 aromatic carbocycles. The average Bonchev–Trinajstić information content (AvgIpc) is 3.18. The Morgan fingerprint density at radius 1 is 1.10 bits per heavy atom. The molecule has 6 heteroatoms. The lowest BCUT2D eigenvalue weighted by molar-refractivity contribution is -0.122. The summed E-state index contributed by atoms with van der Waals surface area (Å²) in [4.78, 5) is 17.0. The number of nitrogens with one attached hydrogen (secondary N) is 1. The highest BCUT2D eigenvalue weighted by Crippen LogP contribution is 2.31. The van der Waals surface area contributed by atoms with Crippen molar-refractivity contribution >= 4 is 33.1 Å². The van der Waals surface area contributed by atoms with E-state index in [0.717, 1.165) is 20.8 Å².